The fourth-order valence-corrected chi connectivity index (χ4v) is 3.61. The second kappa shape index (κ2) is 12.5. The predicted molar refractivity (Wildman–Crippen MR) is 131 cm³/mol. The van der Waals surface area contributed by atoms with Crippen molar-refractivity contribution in [3.05, 3.63) is 90.5 Å². The molecule has 0 aliphatic rings. The summed E-state index contributed by atoms with van der Waals surface area (Å²) in [5.41, 5.74) is 1.63. The topological polar surface area (TPSA) is 75.7 Å². The van der Waals surface area contributed by atoms with Crippen LogP contribution in [0.3, 0.4) is 0 Å². The Morgan fingerprint density at radius 2 is 1.73 bits per heavy atom. The summed E-state index contributed by atoms with van der Waals surface area (Å²) in [6.45, 7) is 5.52. The number of nitrogens with one attached hydrogen (secondary N) is 1. The number of ether oxygens (including phenoxy) is 1. The molecule has 0 aromatic heterocycles. The van der Waals surface area contributed by atoms with Crippen molar-refractivity contribution in [2.24, 2.45) is 0 Å². The number of Topliss-reactive ketones (excluding diaryl/α,β-unsaturated/α-hetero) is 1. The van der Waals surface area contributed by atoms with E-state index in [-0.39, 0.29) is 18.3 Å². The molecule has 0 radical (unpaired) electrons. The summed E-state index contributed by atoms with van der Waals surface area (Å²) in [6, 6.07) is 16.9. The van der Waals surface area contributed by atoms with Crippen LogP contribution in [0.5, 0.6) is 0 Å². The molecule has 1 N–H and O–H groups in total. The molecule has 0 bridgehead atoms. The van der Waals surface area contributed by atoms with E-state index in [0.717, 1.165) is 11.6 Å². The van der Waals surface area contributed by atoms with Gasteiger partial charge >= 0.3 is 5.97 Å². The minimum Gasteiger partial charge on any atom is -0.462 e. The van der Waals surface area contributed by atoms with Crippen molar-refractivity contribution in [1.29, 1.82) is 0 Å². The standard InChI is InChI=1S/C27H32N2O4/c1-5-25(31)33-19-11-10-14-24(30)28-23-17-15-22(16-18-23)26(32)27(6-2,29(3)4)20-21-12-8-7-9-13-21/h5,7-10,12-18H,1,6,11,19-20H2,2-4H3,(H,28,30). The molecule has 0 heterocycles. The van der Waals surface area contributed by atoms with Crippen molar-refractivity contribution >= 4 is 23.3 Å². The van der Waals surface area contributed by atoms with Crippen molar-refractivity contribution in [1.82, 2.24) is 4.90 Å². The molecule has 0 saturated heterocycles. The molecule has 2 aromatic rings. The van der Waals surface area contributed by atoms with Crippen molar-refractivity contribution in [2.45, 2.75) is 31.7 Å². The molecule has 6 heteroatoms. The van der Waals surface area contributed by atoms with Crippen LogP contribution in [0.4, 0.5) is 5.69 Å². The lowest BCUT2D eigenvalue weighted by molar-refractivity contribution is -0.137. The first-order valence-corrected chi connectivity index (χ1v) is 11.0. The molecule has 6 nitrogen and oxygen atoms in total. The number of carbonyl (C=O) groups excluding carboxylic acids is 3. The van der Waals surface area contributed by atoms with E-state index in [4.69, 9.17) is 4.74 Å². The van der Waals surface area contributed by atoms with Crippen LogP contribution < -0.4 is 5.32 Å². The zero-order chi connectivity index (χ0) is 24.3. The van der Waals surface area contributed by atoms with Gasteiger partial charge in [-0.25, -0.2) is 4.79 Å². The first-order valence-electron chi connectivity index (χ1n) is 11.0. The summed E-state index contributed by atoms with van der Waals surface area (Å²) in [4.78, 5) is 38.6. The Hall–Kier alpha value is -3.51. The first-order chi connectivity index (χ1) is 15.8. The van der Waals surface area contributed by atoms with E-state index >= 15 is 0 Å². The molecule has 0 aliphatic heterocycles. The Balaban J connectivity index is 2.04. The maximum Gasteiger partial charge on any atom is 0.330 e. The summed E-state index contributed by atoms with van der Waals surface area (Å²) < 4.78 is 4.84. The van der Waals surface area contributed by atoms with Gasteiger partial charge in [-0.3, -0.25) is 14.5 Å². The lowest BCUT2D eigenvalue weighted by atomic mass is 9.80. The zero-order valence-electron chi connectivity index (χ0n) is 19.5. The highest BCUT2D eigenvalue weighted by molar-refractivity contribution is 6.04. The average molecular weight is 449 g/mol. The number of nitrogens with zero attached hydrogens (tertiary/aromatic N) is 1. The minimum absolute atomic E-state index is 0.0469. The molecule has 0 saturated carbocycles. The highest BCUT2D eigenvalue weighted by Gasteiger charge is 2.39. The van der Waals surface area contributed by atoms with E-state index in [9.17, 15) is 14.4 Å². The number of anilines is 1. The Kier molecular flexibility index (Phi) is 9.76. The summed E-state index contributed by atoms with van der Waals surface area (Å²) in [5, 5.41) is 2.76. The zero-order valence-corrected chi connectivity index (χ0v) is 19.5. The third kappa shape index (κ3) is 7.26. The van der Waals surface area contributed by atoms with Crippen LogP contribution in [0.1, 0.15) is 35.7 Å². The maximum absolute atomic E-state index is 13.6. The van der Waals surface area contributed by atoms with Crippen molar-refractivity contribution in [3.63, 3.8) is 0 Å². The largest absolute Gasteiger partial charge is 0.462 e. The summed E-state index contributed by atoms with van der Waals surface area (Å²) in [6.07, 6.45) is 5.80. The third-order valence-corrected chi connectivity index (χ3v) is 5.58. The van der Waals surface area contributed by atoms with Crippen LogP contribution in [-0.4, -0.2) is 48.8 Å². The van der Waals surface area contributed by atoms with E-state index in [1.54, 1.807) is 30.3 Å². The molecule has 2 aromatic carbocycles. The Bertz CT molecular complexity index is 981. The monoisotopic (exact) mass is 448 g/mol. The van der Waals surface area contributed by atoms with Crippen molar-refractivity contribution in [2.75, 3.05) is 26.0 Å². The fraction of sp³-hybridized carbons (Fsp3) is 0.296. The van der Waals surface area contributed by atoms with Crippen LogP contribution >= 0.6 is 0 Å². The molecule has 1 atom stereocenters. The smallest absolute Gasteiger partial charge is 0.330 e. The van der Waals surface area contributed by atoms with E-state index in [1.165, 1.54) is 6.08 Å². The van der Waals surface area contributed by atoms with Gasteiger partial charge in [0.15, 0.2) is 5.78 Å². The fourth-order valence-electron chi connectivity index (χ4n) is 3.61. The molecule has 0 fully saturated rings. The van der Waals surface area contributed by atoms with E-state index < -0.39 is 11.5 Å². The van der Waals surface area contributed by atoms with E-state index in [0.29, 0.717) is 30.5 Å². The van der Waals surface area contributed by atoms with Gasteiger partial charge in [-0.05, 0) is 62.8 Å². The molecule has 0 aliphatic carbocycles. The van der Waals surface area contributed by atoms with Gasteiger partial charge in [-0.15, -0.1) is 0 Å². The molecule has 0 spiro atoms. The van der Waals surface area contributed by atoms with E-state index in [1.807, 2.05) is 56.3 Å². The quantitative estimate of drug-likeness (QED) is 0.225. The van der Waals surface area contributed by atoms with Crippen LogP contribution in [0.15, 0.2) is 79.4 Å². The molecular formula is C27H32N2O4. The normalized spacial score (nSPS) is 12.8. The highest BCUT2D eigenvalue weighted by atomic mass is 16.5. The lowest BCUT2D eigenvalue weighted by Crippen LogP contribution is -2.52. The van der Waals surface area contributed by atoms with Gasteiger partial charge in [0.25, 0.3) is 0 Å². The molecule has 2 rings (SSSR count). The number of carbonyl (C=O) groups is 3. The van der Waals surface area contributed by atoms with Crippen LogP contribution in [-0.2, 0) is 20.7 Å². The molecule has 33 heavy (non-hydrogen) atoms. The molecular weight excluding hydrogens is 416 g/mol. The van der Waals surface area contributed by atoms with Gasteiger partial charge in [0, 0.05) is 23.7 Å². The number of rotatable bonds is 12. The van der Waals surface area contributed by atoms with Gasteiger partial charge in [0.05, 0.1) is 12.1 Å². The second-order valence-corrected chi connectivity index (χ2v) is 7.90. The lowest BCUT2D eigenvalue weighted by Gasteiger charge is -2.38. The minimum atomic E-state index is -0.663. The Morgan fingerprint density at radius 3 is 2.30 bits per heavy atom. The summed E-state index contributed by atoms with van der Waals surface area (Å²) >= 11 is 0. The molecule has 1 unspecified atom stereocenters. The first kappa shape index (κ1) is 25.7. The number of ketones is 1. The number of likely N-dealkylation sites (N-methyl/N-ethyl adjacent to an activating group) is 1. The van der Waals surface area contributed by atoms with Crippen molar-refractivity contribution < 1.29 is 19.1 Å². The van der Waals surface area contributed by atoms with Gasteiger partial charge in [-0.2, -0.15) is 0 Å². The predicted octanol–water partition coefficient (Wildman–Crippen LogP) is 4.44. The molecule has 1 amide bonds. The maximum atomic E-state index is 13.6. The second-order valence-electron chi connectivity index (χ2n) is 7.90. The van der Waals surface area contributed by atoms with Gasteiger partial charge < -0.3 is 10.1 Å². The number of hydrogen-bond acceptors (Lipinski definition) is 5. The van der Waals surface area contributed by atoms with Crippen LogP contribution in [0, 0.1) is 0 Å². The number of amides is 1. The Morgan fingerprint density at radius 1 is 1.06 bits per heavy atom. The van der Waals surface area contributed by atoms with E-state index in [2.05, 4.69) is 11.9 Å². The number of esters is 1. The Labute approximate surface area is 195 Å². The SMILES string of the molecule is C=CC(=O)OCCC=CC(=O)Nc1ccc(C(=O)C(CC)(Cc2ccccc2)N(C)C)cc1. The van der Waals surface area contributed by atoms with Crippen LogP contribution in [0.2, 0.25) is 0 Å². The number of hydrogen-bond donors (Lipinski definition) is 1. The van der Waals surface area contributed by atoms with Gasteiger partial charge in [0.2, 0.25) is 5.91 Å². The molecule has 174 valence electrons. The van der Waals surface area contributed by atoms with Gasteiger partial charge in [-0.1, -0.05) is 49.9 Å². The van der Waals surface area contributed by atoms with Crippen LogP contribution in [0.25, 0.3) is 0 Å². The summed E-state index contributed by atoms with van der Waals surface area (Å²) in [5.74, 6) is -0.747. The third-order valence-electron chi connectivity index (χ3n) is 5.58. The number of benzene rings is 2. The summed E-state index contributed by atoms with van der Waals surface area (Å²) in [7, 11) is 3.87. The average Bonchev–Trinajstić information content (AvgIpc) is 2.82. The highest BCUT2D eigenvalue weighted by Crippen LogP contribution is 2.28. The van der Waals surface area contributed by atoms with Gasteiger partial charge in [0.1, 0.15) is 0 Å². The van der Waals surface area contributed by atoms with Crippen molar-refractivity contribution in [3.8, 4) is 0 Å².